The number of halogens is 1. The van der Waals surface area contributed by atoms with Crippen LogP contribution in [0.25, 0.3) is 0 Å². The summed E-state index contributed by atoms with van der Waals surface area (Å²) in [6.45, 7) is 0.767. The summed E-state index contributed by atoms with van der Waals surface area (Å²) < 4.78 is 1.02. The van der Waals surface area contributed by atoms with Gasteiger partial charge in [-0.25, -0.2) is 0 Å². The molecular weight excluding hydrogens is 360 g/mol. The molecular formula is C21H19BrN2. The van der Waals surface area contributed by atoms with E-state index in [9.17, 15) is 0 Å². The average Bonchev–Trinajstić information content (AvgIpc) is 2.64. The van der Waals surface area contributed by atoms with Crippen LogP contribution in [0.1, 0.15) is 11.1 Å². The molecule has 0 unspecified atom stereocenters. The van der Waals surface area contributed by atoms with Crippen LogP contribution >= 0.6 is 15.9 Å². The number of hydrogen-bond acceptors (Lipinski definition) is 1. The molecule has 0 amide bonds. The third kappa shape index (κ3) is 4.12. The van der Waals surface area contributed by atoms with Crippen molar-refractivity contribution in [3.05, 3.63) is 101 Å². The summed E-state index contributed by atoms with van der Waals surface area (Å²) in [5.74, 6) is 0.518. The van der Waals surface area contributed by atoms with E-state index in [0.717, 1.165) is 28.7 Å². The molecule has 0 aliphatic heterocycles. The maximum atomic E-state index is 8.67. The van der Waals surface area contributed by atoms with E-state index in [1.807, 2.05) is 48.5 Å². The number of nitrogens with zero attached hydrogens (tertiary/aromatic N) is 1. The molecule has 0 saturated heterocycles. The normalized spacial score (nSPS) is 10.4. The lowest BCUT2D eigenvalue weighted by atomic mass is 10.1. The minimum absolute atomic E-state index is 0.518. The first kappa shape index (κ1) is 16.5. The van der Waals surface area contributed by atoms with E-state index >= 15 is 0 Å². The van der Waals surface area contributed by atoms with Crippen molar-refractivity contribution < 1.29 is 0 Å². The zero-order valence-electron chi connectivity index (χ0n) is 13.3. The number of para-hydroxylation sites is 1. The molecule has 3 aromatic rings. The quantitative estimate of drug-likeness (QED) is 0.458. The van der Waals surface area contributed by atoms with Crippen LogP contribution in [0.5, 0.6) is 0 Å². The number of hydrogen-bond donors (Lipinski definition) is 1. The fourth-order valence-electron chi connectivity index (χ4n) is 2.63. The molecule has 0 aromatic heterocycles. The molecule has 0 atom stereocenters. The molecule has 0 fully saturated rings. The van der Waals surface area contributed by atoms with Gasteiger partial charge in [-0.05, 0) is 36.2 Å². The molecule has 0 aliphatic carbocycles. The van der Waals surface area contributed by atoms with Gasteiger partial charge in [-0.2, -0.15) is 0 Å². The maximum absolute atomic E-state index is 8.67. The molecule has 24 heavy (non-hydrogen) atoms. The summed E-state index contributed by atoms with van der Waals surface area (Å²) in [6.07, 6.45) is 0.897. The van der Waals surface area contributed by atoms with Crippen LogP contribution in [0.2, 0.25) is 0 Å². The lowest BCUT2D eigenvalue weighted by molar-refractivity contribution is 0.929. The van der Waals surface area contributed by atoms with Gasteiger partial charge in [-0.3, -0.25) is 5.41 Å². The Morgan fingerprint density at radius 3 is 2.00 bits per heavy atom. The van der Waals surface area contributed by atoms with Crippen LogP contribution < -0.4 is 4.90 Å². The van der Waals surface area contributed by atoms with Crippen LogP contribution in [0.15, 0.2) is 89.4 Å². The van der Waals surface area contributed by atoms with Crippen molar-refractivity contribution in [2.45, 2.75) is 6.42 Å². The summed E-state index contributed by atoms with van der Waals surface area (Å²) in [5, 5.41) is 8.67. The van der Waals surface area contributed by atoms with Crippen molar-refractivity contribution in [2.24, 2.45) is 0 Å². The topological polar surface area (TPSA) is 27.1 Å². The van der Waals surface area contributed by atoms with Crippen molar-refractivity contribution in [1.29, 1.82) is 5.41 Å². The second-order valence-electron chi connectivity index (χ2n) is 5.58. The zero-order valence-corrected chi connectivity index (χ0v) is 14.9. The number of amidine groups is 1. The van der Waals surface area contributed by atoms with Gasteiger partial charge in [0.15, 0.2) is 0 Å². The summed E-state index contributed by atoms with van der Waals surface area (Å²) in [5.41, 5.74) is 3.23. The largest absolute Gasteiger partial charge is 0.326 e. The predicted octanol–water partition coefficient (Wildman–Crippen LogP) is 5.52. The molecule has 0 aliphatic rings. The molecule has 0 bridgehead atoms. The molecule has 0 spiro atoms. The molecule has 1 N–H and O–H groups in total. The predicted molar refractivity (Wildman–Crippen MR) is 105 cm³/mol. The van der Waals surface area contributed by atoms with Gasteiger partial charge in [0.1, 0.15) is 5.84 Å². The number of nitrogens with one attached hydrogen (secondary N) is 1. The number of anilines is 1. The van der Waals surface area contributed by atoms with E-state index in [2.05, 4.69) is 57.2 Å². The van der Waals surface area contributed by atoms with Gasteiger partial charge in [0.05, 0.1) is 0 Å². The van der Waals surface area contributed by atoms with Gasteiger partial charge in [-0.15, -0.1) is 0 Å². The standard InChI is InChI=1S/C21H19BrN2/c22-19-13-11-18(12-14-19)21(23)24(20-9-5-2-6-10-20)16-15-17-7-3-1-4-8-17/h1-14,23H,15-16H2. The van der Waals surface area contributed by atoms with Gasteiger partial charge in [0, 0.05) is 22.3 Å². The number of benzene rings is 3. The van der Waals surface area contributed by atoms with E-state index < -0.39 is 0 Å². The van der Waals surface area contributed by atoms with E-state index in [1.165, 1.54) is 5.56 Å². The Morgan fingerprint density at radius 2 is 1.38 bits per heavy atom. The van der Waals surface area contributed by atoms with Crippen molar-refractivity contribution in [1.82, 2.24) is 0 Å². The Morgan fingerprint density at radius 1 is 0.792 bits per heavy atom. The molecule has 0 radical (unpaired) electrons. The lowest BCUT2D eigenvalue weighted by Gasteiger charge is -2.25. The lowest BCUT2D eigenvalue weighted by Crippen LogP contribution is -2.33. The SMILES string of the molecule is N=C(c1ccc(Br)cc1)N(CCc1ccccc1)c1ccccc1. The monoisotopic (exact) mass is 378 g/mol. The van der Waals surface area contributed by atoms with E-state index in [1.54, 1.807) is 0 Å². The van der Waals surface area contributed by atoms with Crippen molar-refractivity contribution in [3.8, 4) is 0 Å². The van der Waals surface area contributed by atoms with Crippen LogP contribution in [-0.4, -0.2) is 12.4 Å². The van der Waals surface area contributed by atoms with E-state index in [0.29, 0.717) is 5.84 Å². The van der Waals surface area contributed by atoms with Gasteiger partial charge in [0.25, 0.3) is 0 Å². The summed E-state index contributed by atoms with van der Waals surface area (Å²) in [6, 6.07) is 28.5. The Bertz CT molecular complexity index is 783. The molecule has 0 saturated carbocycles. The van der Waals surface area contributed by atoms with E-state index in [4.69, 9.17) is 5.41 Å². The zero-order chi connectivity index (χ0) is 16.8. The molecule has 120 valence electrons. The Hall–Kier alpha value is -2.39. The highest BCUT2D eigenvalue weighted by Crippen LogP contribution is 2.19. The Kier molecular flexibility index (Phi) is 5.44. The Labute approximate surface area is 151 Å². The first-order valence-corrected chi connectivity index (χ1v) is 8.74. The third-order valence-electron chi connectivity index (χ3n) is 3.92. The van der Waals surface area contributed by atoms with Crippen LogP contribution in [0.3, 0.4) is 0 Å². The molecule has 0 heterocycles. The fourth-order valence-corrected chi connectivity index (χ4v) is 2.89. The molecule has 3 heteroatoms. The first-order chi connectivity index (χ1) is 11.7. The summed E-state index contributed by atoms with van der Waals surface area (Å²) in [7, 11) is 0. The average molecular weight is 379 g/mol. The van der Waals surface area contributed by atoms with Crippen LogP contribution in [-0.2, 0) is 6.42 Å². The minimum Gasteiger partial charge on any atom is -0.326 e. The molecule has 2 nitrogen and oxygen atoms in total. The fraction of sp³-hybridized carbons (Fsp3) is 0.0952. The second-order valence-corrected chi connectivity index (χ2v) is 6.49. The third-order valence-corrected chi connectivity index (χ3v) is 4.45. The van der Waals surface area contributed by atoms with Gasteiger partial charge in [-0.1, -0.05) is 76.6 Å². The molecule has 3 aromatic carbocycles. The second kappa shape index (κ2) is 7.93. The maximum Gasteiger partial charge on any atom is 0.132 e. The van der Waals surface area contributed by atoms with Crippen molar-refractivity contribution >= 4 is 27.5 Å². The highest BCUT2D eigenvalue weighted by molar-refractivity contribution is 9.10. The van der Waals surface area contributed by atoms with Crippen molar-refractivity contribution in [2.75, 3.05) is 11.4 Å². The van der Waals surface area contributed by atoms with Gasteiger partial charge >= 0.3 is 0 Å². The smallest absolute Gasteiger partial charge is 0.132 e. The summed E-state index contributed by atoms with van der Waals surface area (Å²) >= 11 is 3.45. The summed E-state index contributed by atoms with van der Waals surface area (Å²) in [4.78, 5) is 2.07. The first-order valence-electron chi connectivity index (χ1n) is 7.95. The van der Waals surface area contributed by atoms with Crippen molar-refractivity contribution in [3.63, 3.8) is 0 Å². The van der Waals surface area contributed by atoms with E-state index in [-0.39, 0.29) is 0 Å². The van der Waals surface area contributed by atoms with Crippen LogP contribution in [0, 0.1) is 5.41 Å². The highest BCUT2D eigenvalue weighted by atomic mass is 79.9. The van der Waals surface area contributed by atoms with Gasteiger partial charge < -0.3 is 4.90 Å². The van der Waals surface area contributed by atoms with Crippen LogP contribution in [0.4, 0.5) is 5.69 Å². The Balaban J connectivity index is 1.84. The van der Waals surface area contributed by atoms with Gasteiger partial charge in [0.2, 0.25) is 0 Å². The molecule has 3 rings (SSSR count). The number of rotatable bonds is 5. The minimum atomic E-state index is 0.518. The highest BCUT2D eigenvalue weighted by Gasteiger charge is 2.14.